The van der Waals surface area contributed by atoms with Crippen LogP contribution in [0.25, 0.3) is 0 Å². The van der Waals surface area contributed by atoms with Crippen LogP contribution in [0.2, 0.25) is 0 Å². The maximum absolute atomic E-state index is 11.6. The first kappa shape index (κ1) is 14.2. The molecule has 98 valence electrons. The molecule has 1 rings (SSSR count). The summed E-state index contributed by atoms with van der Waals surface area (Å²) in [6.07, 6.45) is 3.47. The van der Waals surface area contributed by atoms with Gasteiger partial charge in [0.25, 0.3) is 0 Å². The highest BCUT2D eigenvalue weighted by Crippen LogP contribution is 2.22. The molecule has 18 heavy (non-hydrogen) atoms. The molecule has 0 saturated heterocycles. The molecule has 0 radical (unpaired) electrons. The van der Waals surface area contributed by atoms with Crippen LogP contribution in [-0.4, -0.2) is 11.8 Å². The zero-order chi connectivity index (χ0) is 13.7. The van der Waals surface area contributed by atoms with E-state index in [1.807, 2.05) is 13.0 Å². The third-order valence-electron chi connectivity index (χ3n) is 2.94. The number of carbonyl (C=O) groups excluding carboxylic acids is 2. The number of hydrogen-bond acceptors (Lipinski definition) is 2. The smallest absolute Gasteiger partial charge is 0.249 e. The van der Waals surface area contributed by atoms with Gasteiger partial charge < -0.3 is 11.5 Å². The number of benzene rings is 1. The van der Waals surface area contributed by atoms with Gasteiger partial charge in [-0.15, -0.1) is 0 Å². The summed E-state index contributed by atoms with van der Waals surface area (Å²) in [5.41, 5.74) is 13.2. The number of amides is 2. The molecule has 4 N–H and O–H groups in total. The lowest BCUT2D eigenvalue weighted by Gasteiger charge is -2.15. The van der Waals surface area contributed by atoms with Crippen LogP contribution < -0.4 is 11.5 Å². The lowest BCUT2D eigenvalue weighted by atomic mass is 9.90. The van der Waals surface area contributed by atoms with Crippen molar-refractivity contribution in [1.29, 1.82) is 0 Å². The summed E-state index contributed by atoms with van der Waals surface area (Å²) in [7, 11) is 0. The zero-order valence-electron chi connectivity index (χ0n) is 11.0. The highest BCUT2D eigenvalue weighted by Gasteiger charge is 2.19. The van der Waals surface area contributed by atoms with Crippen molar-refractivity contribution in [3.63, 3.8) is 0 Å². The van der Waals surface area contributed by atoms with Gasteiger partial charge >= 0.3 is 0 Å². The summed E-state index contributed by atoms with van der Waals surface area (Å²) in [6, 6.07) is 3.48. The number of rotatable bonds is 6. The first-order valence-corrected chi connectivity index (χ1v) is 6.27. The Morgan fingerprint density at radius 3 is 2.06 bits per heavy atom. The lowest BCUT2D eigenvalue weighted by Crippen LogP contribution is -2.23. The molecular formula is C14H20N2O2. The van der Waals surface area contributed by atoms with Gasteiger partial charge in [-0.05, 0) is 30.0 Å². The molecule has 0 aliphatic heterocycles. The SMILES string of the molecule is CCCc1ccc(C(N)=O)c(C(N)=O)c1CCC. The molecule has 0 heterocycles. The second kappa shape index (κ2) is 6.19. The van der Waals surface area contributed by atoms with E-state index in [1.54, 1.807) is 6.07 Å². The van der Waals surface area contributed by atoms with Crippen molar-refractivity contribution in [2.45, 2.75) is 39.5 Å². The van der Waals surface area contributed by atoms with E-state index in [2.05, 4.69) is 6.92 Å². The Balaban J connectivity index is 3.48. The van der Waals surface area contributed by atoms with Gasteiger partial charge in [0.1, 0.15) is 0 Å². The fourth-order valence-electron chi connectivity index (χ4n) is 2.22. The molecule has 0 unspecified atom stereocenters. The fraction of sp³-hybridized carbons (Fsp3) is 0.429. The van der Waals surface area contributed by atoms with Gasteiger partial charge in [-0.25, -0.2) is 0 Å². The Morgan fingerprint density at radius 1 is 1.00 bits per heavy atom. The standard InChI is InChI=1S/C14H20N2O2/c1-3-5-9-7-8-11(13(15)17)12(14(16)18)10(9)6-4-2/h7-8H,3-6H2,1-2H3,(H2,15,17)(H2,16,18). The van der Waals surface area contributed by atoms with Gasteiger partial charge in [0.15, 0.2) is 0 Å². The minimum atomic E-state index is -0.607. The Labute approximate surface area is 107 Å². The molecule has 4 nitrogen and oxygen atoms in total. The summed E-state index contributed by atoms with van der Waals surface area (Å²) in [5.74, 6) is -1.19. The average Bonchev–Trinajstić information content (AvgIpc) is 2.30. The van der Waals surface area contributed by atoms with Crippen LogP contribution in [0.3, 0.4) is 0 Å². The maximum Gasteiger partial charge on any atom is 0.249 e. The molecule has 0 aliphatic carbocycles. The maximum atomic E-state index is 11.6. The van der Waals surface area contributed by atoms with Gasteiger partial charge in [0.2, 0.25) is 11.8 Å². The lowest BCUT2D eigenvalue weighted by molar-refractivity contribution is 0.0966. The molecule has 0 bridgehead atoms. The fourth-order valence-corrected chi connectivity index (χ4v) is 2.22. The Morgan fingerprint density at radius 2 is 1.61 bits per heavy atom. The van der Waals surface area contributed by atoms with Crippen molar-refractivity contribution in [2.75, 3.05) is 0 Å². The minimum Gasteiger partial charge on any atom is -0.366 e. The molecule has 0 aliphatic rings. The van der Waals surface area contributed by atoms with E-state index in [1.165, 1.54) is 0 Å². The van der Waals surface area contributed by atoms with Crippen LogP contribution in [0.15, 0.2) is 12.1 Å². The van der Waals surface area contributed by atoms with Crippen molar-refractivity contribution >= 4 is 11.8 Å². The first-order chi connectivity index (χ1) is 8.52. The topological polar surface area (TPSA) is 86.2 Å². The van der Waals surface area contributed by atoms with Crippen LogP contribution in [0, 0.1) is 0 Å². The molecule has 0 saturated carbocycles. The third kappa shape index (κ3) is 2.88. The Hall–Kier alpha value is -1.84. The van der Waals surface area contributed by atoms with Crippen molar-refractivity contribution in [3.05, 3.63) is 34.4 Å². The number of primary amides is 2. The largest absolute Gasteiger partial charge is 0.366 e. The van der Waals surface area contributed by atoms with Crippen LogP contribution >= 0.6 is 0 Å². The molecule has 0 spiro atoms. The van der Waals surface area contributed by atoms with E-state index < -0.39 is 11.8 Å². The van der Waals surface area contributed by atoms with E-state index in [4.69, 9.17) is 11.5 Å². The Kier molecular flexibility index (Phi) is 4.89. The summed E-state index contributed by atoms with van der Waals surface area (Å²) in [5, 5.41) is 0. The van der Waals surface area contributed by atoms with Crippen molar-refractivity contribution < 1.29 is 9.59 Å². The average molecular weight is 248 g/mol. The molecule has 1 aromatic rings. The van der Waals surface area contributed by atoms with Crippen LogP contribution in [0.1, 0.15) is 58.5 Å². The van der Waals surface area contributed by atoms with Gasteiger partial charge in [-0.3, -0.25) is 9.59 Å². The van der Waals surface area contributed by atoms with Crippen LogP contribution in [0.4, 0.5) is 0 Å². The van der Waals surface area contributed by atoms with E-state index in [-0.39, 0.29) is 5.56 Å². The Bertz CT molecular complexity index is 467. The second-order valence-electron chi connectivity index (χ2n) is 4.35. The molecule has 0 atom stereocenters. The predicted octanol–water partition coefficient (Wildman–Crippen LogP) is 1.79. The van der Waals surface area contributed by atoms with E-state index in [0.29, 0.717) is 5.56 Å². The molecule has 4 heteroatoms. The molecular weight excluding hydrogens is 228 g/mol. The molecule has 1 aromatic carbocycles. The van der Waals surface area contributed by atoms with Gasteiger partial charge in [-0.2, -0.15) is 0 Å². The molecule has 0 fully saturated rings. The number of carbonyl (C=O) groups is 2. The van der Waals surface area contributed by atoms with Crippen molar-refractivity contribution in [2.24, 2.45) is 11.5 Å². The van der Waals surface area contributed by atoms with Gasteiger partial charge in [0, 0.05) is 0 Å². The van der Waals surface area contributed by atoms with Crippen LogP contribution in [-0.2, 0) is 12.8 Å². The predicted molar refractivity (Wildman–Crippen MR) is 71.5 cm³/mol. The monoisotopic (exact) mass is 248 g/mol. The van der Waals surface area contributed by atoms with Gasteiger partial charge in [0.05, 0.1) is 11.1 Å². The summed E-state index contributed by atoms with van der Waals surface area (Å²) in [6.45, 7) is 4.10. The minimum absolute atomic E-state index is 0.228. The molecule has 0 aromatic heterocycles. The third-order valence-corrected chi connectivity index (χ3v) is 2.94. The van der Waals surface area contributed by atoms with Crippen molar-refractivity contribution in [3.8, 4) is 0 Å². The summed E-state index contributed by atoms with van der Waals surface area (Å²) in [4.78, 5) is 23.0. The highest BCUT2D eigenvalue weighted by molar-refractivity contribution is 6.07. The molecule has 2 amide bonds. The van der Waals surface area contributed by atoms with E-state index in [0.717, 1.165) is 36.8 Å². The first-order valence-electron chi connectivity index (χ1n) is 6.27. The number of nitrogens with two attached hydrogens (primary N) is 2. The quantitative estimate of drug-likeness (QED) is 0.804. The number of hydrogen-bond donors (Lipinski definition) is 2. The van der Waals surface area contributed by atoms with E-state index in [9.17, 15) is 9.59 Å². The summed E-state index contributed by atoms with van der Waals surface area (Å²) >= 11 is 0. The van der Waals surface area contributed by atoms with E-state index >= 15 is 0 Å². The van der Waals surface area contributed by atoms with Crippen molar-refractivity contribution in [1.82, 2.24) is 0 Å². The normalized spacial score (nSPS) is 10.3. The number of aryl methyl sites for hydroxylation is 1. The van der Waals surface area contributed by atoms with Gasteiger partial charge in [-0.1, -0.05) is 32.8 Å². The van der Waals surface area contributed by atoms with Crippen LogP contribution in [0.5, 0.6) is 0 Å². The summed E-state index contributed by atoms with van der Waals surface area (Å²) < 4.78 is 0. The highest BCUT2D eigenvalue weighted by atomic mass is 16.2. The second-order valence-corrected chi connectivity index (χ2v) is 4.35. The zero-order valence-corrected chi connectivity index (χ0v) is 11.0.